The Hall–Kier alpha value is -0.160. The van der Waals surface area contributed by atoms with Crippen molar-refractivity contribution in [1.29, 1.82) is 0 Å². The van der Waals surface area contributed by atoms with Crippen LogP contribution in [0.25, 0.3) is 0 Å². The first kappa shape index (κ1) is 18.9. The summed E-state index contributed by atoms with van der Waals surface area (Å²) in [6.45, 7) is 10.1. The van der Waals surface area contributed by atoms with Gasteiger partial charge in [-0.15, -0.1) is 0 Å². The normalized spacial score (nSPS) is 28.3. The summed E-state index contributed by atoms with van der Waals surface area (Å²) >= 11 is 0. The minimum absolute atomic E-state index is 0.387. The number of aliphatic hydroxyl groups is 1. The van der Waals surface area contributed by atoms with Crippen molar-refractivity contribution in [2.45, 2.75) is 52.2 Å². The fourth-order valence-corrected chi connectivity index (χ4v) is 3.72. The number of aliphatic hydroxyl groups excluding tert-OH is 1. The maximum absolute atomic E-state index is 9.88. The summed E-state index contributed by atoms with van der Waals surface area (Å²) < 4.78 is 5.01. The maximum Gasteiger partial charge on any atom is 0.0899 e. The highest BCUT2D eigenvalue weighted by Gasteiger charge is 2.32. The molecule has 1 fully saturated rings. The Morgan fingerprint density at radius 2 is 2.05 bits per heavy atom. The van der Waals surface area contributed by atoms with E-state index in [1.165, 1.54) is 19.3 Å². The van der Waals surface area contributed by atoms with Crippen LogP contribution in [0.4, 0.5) is 0 Å². The summed E-state index contributed by atoms with van der Waals surface area (Å²) in [7, 11) is 3.75. The summed E-state index contributed by atoms with van der Waals surface area (Å²) in [6.07, 6.45) is 3.56. The van der Waals surface area contributed by atoms with Gasteiger partial charge < -0.3 is 20.1 Å². The van der Waals surface area contributed by atoms with Crippen LogP contribution in [0.2, 0.25) is 0 Å². The predicted octanol–water partition coefficient (Wildman–Crippen LogP) is 1.98. The van der Waals surface area contributed by atoms with Crippen molar-refractivity contribution >= 4 is 0 Å². The average molecular weight is 300 g/mol. The van der Waals surface area contributed by atoms with Crippen LogP contribution in [0.3, 0.4) is 0 Å². The van der Waals surface area contributed by atoms with Crippen LogP contribution >= 0.6 is 0 Å². The number of nitrogens with one attached hydrogen (secondary N) is 1. The van der Waals surface area contributed by atoms with Gasteiger partial charge in [0.1, 0.15) is 0 Å². The molecule has 0 aromatic heterocycles. The zero-order chi connectivity index (χ0) is 15.8. The summed E-state index contributed by atoms with van der Waals surface area (Å²) in [5.41, 5.74) is 0. The molecule has 4 unspecified atom stereocenters. The number of rotatable bonds is 9. The number of hydrogen-bond donors (Lipinski definition) is 2. The molecule has 4 atom stereocenters. The second-order valence-corrected chi connectivity index (χ2v) is 7.07. The van der Waals surface area contributed by atoms with Gasteiger partial charge in [0.05, 0.1) is 12.7 Å². The molecule has 126 valence electrons. The second kappa shape index (κ2) is 9.78. The third kappa shape index (κ3) is 6.64. The van der Waals surface area contributed by atoms with Crippen molar-refractivity contribution < 1.29 is 9.84 Å². The highest BCUT2D eigenvalue weighted by atomic mass is 16.5. The van der Waals surface area contributed by atoms with Crippen molar-refractivity contribution in [3.8, 4) is 0 Å². The van der Waals surface area contributed by atoms with E-state index in [1.54, 1.807) is 7.11 Å². The first-order valence-corrected chi connectivity index (χ1v) is 8.56. The molecule has 0 bridgehead atoms. The van der Waals surface area contributed by atoms with Crippen molar-refractivity contribution in [3.63, 3.8) is 0 Å². The van der Waals surface area contributed by atoms with Gasteiger partial charge in [0, 0.05) is 26.2 Å². The molecule has 4 nitrogen and oxygen atoms in total. The van der Waals surface area contributed by atoms with Crippen molar-refractivity contribution in [3.05, 3.63) is 0 Å². The van der Waals surface area contributed by atoms with Crippen LogP contribution in [0.1, 0.15) is 40.0 Å². The molecule has 0 amide bonds. The zero-order valence-electron chi connectivity index (χ0n) is 14.6. The lowest BCUT2D eigenvalue weighted by Crippen LogP contribution is -2.47. The molecule has 0 aromatic rings. The quantitative estimate of drug-likeness (QED) is 0.683. The largest absolute Gasteiger partial charge is 0.389 e. The minimum atomic E-state index is -0.387. The minimum Gasteiger partial charge on any atom is -0.389 e. The molecule has 1 saturated carbocycles. The van der Waals surface area contributed by atoms with E-state index in [1.807, 2.05) is 0 Å². The summed E-state index contributed by atoms with van der Waals surface area (Å²) in [5.74, 6) is 2.31. The zero-order valence-corrected chi connectivity index (χ0v) is 14.6. The van der Waals surface area contributed by atoms with Gasteiger partial charge in [-0.1, -0.05) is 20.8 Å². The summed E-state index contributed by atoms with van der Waals surface area (Å²) in [5, 5.41) is 13.5. The van der Waals surface area contributed by atoms with Crippen LogP contribution in [-0.4, -0.2) is 62.6 Å². The highest BCUT2D eigenvalue weighted by molar-refractivity contribution is 4.87. The topological polar surface area (TPSA) is 44.7 Å². The Kier molecular flexibility index (Phi) is 8.79. The standard InChI is InChI=1S/C17H36N2O2/c1-6-18-17-8-7-14(13(2)3)9-15(17)10-19(4)11-16(20)12-21-5/h13-18,20H,6-12H2,1-5H3. The third-order valence-electron chi connectivity index (χ3n) is 4.86. The second-order valence-electron chi connectivity index (χ2n) is 7.07. The van der Waals surface area contributed by atoms with E-state index in [0.29, 0.717) is 25.1 Å². The Labute approximate surface area is 131 Å². The summed E-state index contributed by atoms with van der Waals surface area (Å²) in [6, 6.07) is 0.631. The van der Waals surface area contributed by atoms with Gasteiger partial charge in [-0.05, 0) is 50.6 Å². The van der Waals surface area contributed by atoms with Crippen LogP contribution in [0, 0.1) is 17.8 Å². The third-order valence-corrected chi connectivity index (χ3v) is 4.86. The number of nitrogens with zero attached hydrogens (tertiary/aromatic N) is 1. The molecular formula is C17H36N2O2. The van der Waals surface area contributed by atoms with Gasteiger partial charge in [-0.25, -0.2) is 0 Å². The van der Waals surface area contributed by atoms with Gasteiger partial charge in [0.25, 0.3) is 0 Å². The molecule has 0 heterocycles. The predicted molar refractivity (Wildman–Crippen MR) is 88.5 cm³/mol. The lowest BCUT2D eigenvalue weighted by Gasteiger charge is -2.40. The van der Waals surface area contributed by atoms with E-state index in [0.717, 1.165) is 24.9 Å². The van der Waals surface area contributed by atoms with Crippen LogP contribution in [0.15, 0.2) is 0 Å². The molecule has 0 spiro atoms. The molecule has 1 aliphatic carbocycles. The molecule has 0 aliphatic heterocycles. The van der Waals surface area contributed by atoms with Crippen molar-refractivity contribution in [1.82, 2.24) is 10.2 Å². The first-order chi connectivity index (χ1) is 9.97. The van der Waals surface area contributed by atoms with Gasteiger partial charge in [-0.3, -0.25) is 0 Å². The van der Waals surface area contributed by atoms with E-state index in [4.69, 9.17) is 4.74 Å². The lowest BCUT2D eigenvalue weighted by atomic mass is 9.73. The molecular weight excluding hydrogens is 264 g/mol. The van der Waals surface area contributed by atoms with E-state index in [-0.39, 0.29) is 6.10 Å². The molecule has 0 radical (unpaired) electrons. The number of hydrogen-bond acceptors (Lipinski definition) is 4. The summed E-state index contributed by atoms with van der Waals surface area (Å²) in [4.78, 5) is 2.27. The molecule has 0 aromatic carbocycles. The molecule has 2 N–H and O–H groups in total. The Morgan fingerprint density at radius 3 is 2.62 bits per heavy atom. The molecule has 0 saturated heterocycles. The van der Waals surface area contributed by atoms with Crippen molar-refractivity contribution in [2.75, 3.05) is 40.4 Å². The smallest absolute Gasteiger partial charge is 0.0899 e. The maximum atomic E-state index is 9.88. The Morgan fingerprint density at radius 1 is 1.33 bits per heavy atom. The van der Waals surface area contributed by atoms with E-state index >= 15 is 0 Å². The Bertz CT molecular complexity index is 274. The van der Waals surface area contributed by atoms with Crippen LogP contribution < -0.4 is 5.32 Å². The van der Waals surface area contributed by atoms with Gasteiger partial charge >= 0.3 is 0 Å². The SMILES string of the molecule is CCNC1CCC(C(C)C)CC1CN(C)CC(O)COC. The Balaban J connectivity index is 2.52. The number of likely N-dealkylation sites (N-methyl/N-ethyl adjacent to an activating group) is 1. The first-order valence-electron chi connectivity index (χ1n) is 8.56. The molecule has 4 heteroatoms. The molecule has 1 aliphatic rings. The van der Waals surface area contributed by atoms with E-state index in [9.17, 15) is 5.11 Å². The number of ether oxygens (including phenoxy) is 1. The van der Waals surface area contributed by atoms with Crippen molar-refractivity contribution in [2.24, 2.45) is 17.8 Å². The fourth-order valence-electron chi connectivity index (χ4n) is 3.72. The van der Waals surface area contributed by atoms with Crippen LogP contribution in [-0.2, 0) is 4.74 Å². The molecule has 21 heavy (non-hydrogen) atoms. The van der Waals surface area contributed by atoms with E-state index in [2.05, 4.69) is 38.0 Å². The highest BCUT2D eigenvalue weighted by Crippen LogP contribution is 2.34. The van der Waals surface area contributed by atoms with Gasteiger partial charge in [0.15, 0.2) is 0 Å². The fraction of sp³-hybridized carbons (Fsp3) is 1.00. The molecule has 1 rings (SSSR count). The number of methoxy groups -OCH3 is 1. The van der Waals surface area contributed by atoms with Gasteiger partial charge in [-0.2, -0.15) is 0 Å². The lowest BCUT2D eigenvalue weighted by molar-refractivity contribution is 0.0347. The van der Waals surface area contributed by atoms with Gasteiger partial charge in [0.2, 0.25) is 0 Å². The van der Waals surface area contributed by atoms with E-state index < -0.39 is 0 Å². The average Bonchev–Trinajstić information content (AvgIpc) is 2.40. The monoisotopic (exact) mass is 300 g/mol. The van der Waals surface area contributed by atoms with Crippen LogP contribution in [0.5, 0.6) is 0 Å².